The summed E-state index contributed by atoms with van der Waals surface area (Å²) in [4.78, 5) is 23.6. The SMILES string of the molecule is CCOc1ccccc1NC(=O)N1CCC(c2ccc3cccnc3n2)CC1. The lowest BCUT2D eigenvalue weighted by atomic mass is 9.93. The number of carbonyl (C=O) groups is 1. The molecule has 1 aliphatic heterocycles. The minimum absolute atomic E-state index is 0.0845. The highest BCUT2D eigenvalue weighted by Gasteiger charge is 2.25. The van der Waals surface area contributed by atoms with Gasteiger partial charge in [-0.1, -0.05) is 12.1 Å². The average molecular weight is 376 g/mol. The zero-order chi connectivity index (χ0) is 19.3. The van der Waals surface area contributed by atoms with Crippen molar-refractivity contribution < 1.29 is 9.53 Å². The van der Waals surface area contributed by atoms with Crippen molar-refractivity contribution >= 4 is 22.8 Å². The molecule has 1 saturated heterocycles. The summed E-state index contributed by atoms with van der Waals surface area (Å²) >= 11 is 0. The summed E-state index contributed by atoms with van der Waals surface area (Å²) in [5, 5.41) is 4.03. The molecule has 144 valence electrons. The Labute approximate surface area is 164 Å². The van der Waals surface area contributed by atoms with Gasteiger partial charge in [0.15, 0.2) is 5.65 Å². The topological polar surface area (TPSA) is 67.3 Å². The first-order chi connectivity index (χ1) is 13.7. The van der Waals surface area contributed by atoms with E-state index in [9.17, 15) is 4.79 Å². The van der Waals surface area contributed by atoms with Crippen molar-refractivity contribution in [2.24, 2.45) is 0 Å². The number of para-hydroxylation sites is 2. The number of anilines is 1. The van der Waals surface area contributed by atoms with Crippen LogP contribution in [-0.2, 0) is 0 Å². The number of likely N-dealkylation sites (tertiary alicyclic amines) is 1. The molecule has 3 heterocycles. The van der Waals surface area contributed by atoms with E-state index >= 15 is 0 Å². The molecule has 0 radical (unpaired) electrons. The number of pyridine rings is 2. The van der Waals surface area contributed by atoms with Crippen molar-refractivity contribution in [1.82, 2.24) is 14.9 Å². The second-order valence-electron chi connectivity index (χ2n) is 6.91. The van der Waals surface area contributed by atoms with Crippen molar-refractivity contribution in [3.05, 3.63) is 60.4 Å². The zero-order valence-electron chi connectivity index (χ0n) is 16.0. The van der Waals surface area contributed by atoms with Crippen molar-refractivity contribution in [3.8, 4) is 5.75 Å². The van der Waals surface area contributed by atoms with Crippen LogP contribution >= 0.6 is 0 Å². The number of rotatable bonds is 4. The van der Waals surface area contributed by atoms with Gasteiger partial charge in [-0.05, 0) is 56.2 Å². The van der Waals surface area contributed by atoms with Gasteiger partial charge in [0.25, 0.3) is 0 Å². The Morgan fingerprint density at radius 2 is 1.96 bits per heavy atom. The van der Waals surface area contributed by atoms with Crippen molar-refractivity contribution in [2.75, 3.05) is 25.0 Å². The van der Waals surface area contributed by atoms with Gasteiger partial charge in [0, 0.05) is 36.3 Å². The summed E-state index contributed by atoms with van der Waals surface area (Å²) < 4.78 is 5.59. The fourth-order valence-electron chi connectivity index (χ4n) is 3.62. The first kappa shape index (κ1) is 18.2. The molecule has 3 aromatic rings. The Hall–Kier alpha value is -3.15. The second-order valence-corrected chi connectivity index (χ2v) is 6.91. The Kier molecular flexibility index (Phi) is 5.37. The maximum atomic E-state index is 12.7. The number of ether oxygens (including phenoxy) is 1. The number of urea groups is 1. The van der Waals surface area contributed by atoms with E-state index in [2.05, 4.69) is 22.4 Å². The Morgan fingerprint density at radius 1 is 1.14 bits per heavy atom. The van der Waals surface area contributed by atoms with Crippen molar-refractivity contribution in [2.45, 2.75) is 25.7 Å². The summed E-state index contributed by atoms with van der Waals surface area (Å²) in [7, 11) is 0. The fourth-order valence-corrected chi connectivity index (χ4v) is 3.62. The highest BCUT2D eigenvalue weighted by molar-refractivity contribution is 5.91. The van der Waals surface area contributed by atoms with Crippen LogP contribution in [0.2, 0.25) is 0 Å². The lowest BCUT2D eigenvalue weighted by Crippen LogP contribution is -2.40. The third-order valence-corrected chi connectivity index (χ3v) is 5.11. The third kappa shape index (κ3) is 3.91. The molecule has 1 N–H and O–H groups in total. The van der Waals surface area contributed by atoms with Gasteiger partial charge in [0.1, 0.15) is 5.75 Å². The molecule has 0 atom stereocenters. The van der Waals surface area contributed by atoms with Crippen LogP contribution in [0.3, 0.4) is 0 Å². The number of benzene rings is 1. The number of amides is 2. The molecule has 2 amide bonds. The van der Waals surface area contributed by atoms with Crippen LogP contribution in [-0.4, -0.2) is 40.6 Å². The quantitative estimate of drug-likeness (QED) is 0.731. The predicted octanol–water partition coefficient (Wildman–Crippen LogP) is 4.44. The summed E-state index contributed by atoms with van der Waals surface area (Å²) in [6.45, 7) is 3.90. The van der Waals surface area contributed by atoms with Crippen molar-refractivity contribution in [1.29, 1.82) is 0 Å². The fraction of sp³-hybridized carbons (Fsp3) is 0.318. The lowest BCUT2D eigenvalue weighted by Gasteiger charge is -2.32. The number of nitrogens with zero attached hydrogens (tertiary/aromatic N) is 3. The van der Waals surface area contributed by atoms with Gasteiger partial charge in [0.2, 0.25) is 0 Å². The maximum Gasteiger partial charge on any atom is 0.321 e. The minimum atomic E-state index is -0.0845. The van der Waals surface area contributed by atoms with Crippen LogP contribution in [0.1, 0.15) is 31.4 Å². The number of carbonyl (C=O) groups excluding carboxylic acids is 1. The first-order valence-corrected chi connectivity index (χ1v) is 9.74. The number of hydrogen-bond acceptors (Lipinski definition) is 4. The van der Waals surface area contributed by atoms with Crippen LogP contribution < -0.4 is 10.1 Å². The van der Waals surface area contributed by atoms with E-state index in [4.69, 9.17) is 9.72 Å². The molecule has 1 fully saturated rings. The molecular weight excluding hydrogens is 352 g/mol. The molecule has 4 rings (SSSR count). The smallest absolute Gasteiger partial charge is 0.321 e. The third-order valence-electron chi connectivity index (χ3n) is 5.11. The van der Waals surface area contributed by atoms with Gasteiger partial charge in [-0.3, -0.25) is 0 Å². The number of piperidine rings is 1. The number of nitrogens with one attached hydrogen (secondary N) is 1. The van der Waals surface area contributed by atoms with E-state index in [0.29, 0.717) is 37.1 Å². The number of fused-ring (bicyclic) bond motifs is 1. The molecular formula is C22H24N4O2. The zero-order valence-corrected chi connectivity index (χ0v) is 16.0. The molecule has 28 heavy (non-hydrogen) atoms. The summed E-state index contributed by atoms with van der Waals surface area (Å²) in [5.41, 5.74) is 2.55. The highest BCUT2D eigenvalue weighted by atomic mass is 16.5. The largest absolute Gasteiger partial charge is 0.492 e. The molecule has 6 heteroatoms. The normalized spacial score (nSPS) is 14.8. The minimum Gasteiger partial charge on any atom is -0.492 e. The molecule has 1 aliphatic rings. The van der Waals surface area contributed by atoms with Crippen molar-refractivity contribution in [3.63, 3.8) is 0 Å². The maximum absolute atomic E-state index is 12.7. The van der Waals surface area contributed by atoms with Gasteiger partial charge in [-0.25, -0.2) is 14.8 Å². The van der Waals surface area contributed by atoms with E-state index in [-0.39, 0.29) is 6.03 Å². The summed E-state index contributed by atoms with van der Waals surface area (Å²) in [5.74, 6) is 1.05. The first-order valence-electron chi connectivity index (χ1n) is 9.74. The van der Waals surface area contributed by atoms with E-state index < -0.39 is 0 Å². The Morgan fingerprint density at radius 3 is 2.79 bits per heavy atom. The number of hydrogen-bond donors (Lipinski definition) is 1. The van der Waals surface area contributed by atoms with E-state index in [1.807, 2.05) is 48.2 Å². The Balaban J connectivity index is 1.39. The Bertz CT molecular complexity index is 967. The number of aromatic nitrogens is 2. The summed E-state index contributed by atoms with van der Waals surface area (Å²) in [6, 6.07) is 15.5. The molecule has 0 spiro atoms. The van der Waals surface area contributed by atoms with E-state index in [0.717, 1.165) is 29.6 Å². The van der Waals surface area contributed by atoms with Gasteiger partial charge in [-0.2, -0.15) is 0 Å². The second kappa shape index (κ2) is 8.25. The van der Waals surface area contributed by atoms with Gasteiger partial charge < -0.3 is 15.0 Å². The predicted molar refractivity (Wildman–Crippen MR) is 110 cm³/mol. The standard InChI is InChI=1S/C22H24N4O2/c1-2-28-20-8-4-3-7-19(20)25-22(27)26-14-11-16(12-15-26)18-10-9-17-6-5-13-23-21(17)24-18/h3-10,13,16H,2,11-12,14-15H2,1H3,(H,25,27). The highest BCUT2D eigenvalue weighted by Crippen LogP contribution is 2.29. The molecule has 0 saturated carbocycles. The molecule has 0 unspecified atom stereocenters. The van der Waals surface area contributed by atoms with Crippen LogP contribution in [0.25, 0.3) is 11.0 Å². The van der Waals surface area contributed by atoms with Crippen LogP contribution in [0, 0.1) is 0 Å². The summed E-state index contributed by atoms with van der Waals surface area (Å²) in [6.07, 6.45) is 3.56. The van der Waals surface area contributed by atoms with Gasteiger partial charge in [0.05, 0.1) is 12.3 Å². The van der Waals surface area contributed by atoms with Gasteiger partial charge >= 0.3 is 6.03 Å². The molecule has 1 aromatic carbocycles. The monoisotopic (exact) mass is 376 g/mol. The molecule has 0 bridgehead atoms. The molecule has 0 aliphatic carbocycles. The van der Waals surface area contributed by atoms with Gasteiger partial charge in [-0.15, -0.1) is 0 Å². The van der Waals surface area contributed by atoms with E-state index in [1.54, 1.807) is 6.20 Å². The lowest BCUT2D eigenvalue weighted by molar-refractivity contribution is 0.194. The van der Waals surface area contributed by atoms with Crippen LogP contribution in [0.4, 0.5) is 10.5 Å². The van der Waals surface area contributed by atoms with Crippen LogP contribution in [0.5, 0.6) is 5.75 Å². The molecule has 6 nitrogen and oxygen atoms in total. The molecule has 2 aromatic heterocycles. The van der Waals surface area contributed by atoms with E-state index in [1.165, 1.54) is 0 Å². The van der Waals surface area contributed by atoms with Crippen LogP contribution in [0.15, 0.2) is 54.7 Å². The average Bonchev–Trinajstić information content (AvgIpc) is 2.75.